The summed E-state index contributed by atoms with van der Waals surface area (Å²) in [5.41, 5.74) is -6.93. The number of amides is 2. The Labute approximate surface area is 277 Å². The van der Waals surface area contributed by atoms with Crippen molar-refractivity contribution in [3.05, 3.63) is 71.3 Å². The van der Waals surface area contributed by atoms with Gasteiger partial charge in [-0.15, -0.1) is 10.2 Å². The minimum absolute atomic E-state index is 0.0205. The summed E-state index contributed by atoms with van der Waals surface area (Å²) in [6.07, 6.45) is -7.60. The Bertz CT molecular complexity index is 1680. The van der Waals surface area contributed by atoms with Crippen molar-refractivity contribution in [1.82, 2.24) is 20.1 Å². The molecule has 1 aliphatic carbocycles. The fourth-order valence-corrected chi connectivity index (χ4v) is 5.34. The fraction of sp³-hybridized carbons (Fsp3) is 0.485. The zero-order valence-electron chi connectivity index (χ0n) is 27.0. The van der Waals surface area contributed by atoms with Gasteiger partial charge in [-0.2, -0.15) is 26.3 Å². The van der Waals surface area contributed by atoms with E-state index in [1.54, 1.807) is 30.3 Å². The van der Waals surface area contributed by atoms with Crippen molar-refractivity contribution in [3.63, 3.8) is 0 Å². The van der Waals surface area contributed by atoms with E-state index >= 15 is 13.2 Å². The van der Waals surface area contributed by atoms with Gasteiger partial charge in [0.15, 0.2) is 5.69 Å². The molecule has 1 aromatic carbocycles. The molecular weight excluding hydrogens is 660 g/mol. The van der Waals surface area contributed by atoms with Crippen molar-refractivity contribution in [2.24, 2.45) is 5.92 Å². The number of halogens is 6. The Kier molecular flexibility index (Phi) is 10.1. The van der Waals surface area contributed by atoms with Gasteiger partial charge in [0.05, 0.1) is 30.1 Å². The van der Waals surface area contributed by atoms with Crippen LogP contribution in [0.1, 0.15) is 75.6 Å². The first-order chi connectivity index (χ1) is 23.0. The number of anilines is 1. The maximum atomic E-state index is 15.1. The summed E-state index contributed by atoms with van der Waals surface area (Å²) in [5.74, 6) is -2.55. The van der Waals surface area contributed by atoms with Crippen LogP contribution in [-0.2, 0) is 39.2 Å². The van der Waals surface area contributed by atoms with Crippen LogP contribution in [0, 0.1) is 5.92 Å². The van der Waals surface area contributed by atoms with Gasteiger partial charge in [-0.3, -0.25) is 10.1 Å². The van der Waals surface area contributed by atoms with Crippen molar-refractivity contribution in [1.29, 1.82) is 0 Å². The third kappa shape index (κ3) is 8.23. The normalized spacial score (nSPS) is 19.8. The van der Waals surface area contributed by atoms with Crippen LogP contribution in [0.4, 0.5) is 36.8 Å². The Hall–Kier alpha value is -4.47. The molecular formula is C33H35F6N5O5. The lowest BCUT2D eigenvalue weighted by molar-refractivity contribution is -0.295. The van der Waals surface area contributed by atoms with E-state index in [0.29, 0.717) is 24.5 Å². The van der Waals surface area contributed by atoms with Gasteiger partial charge in [0.2, 0.25) is 11.5 Å². The van der Waals surface area contributed by atoms with E-state index in [1.165, 1.54) is 37.8 Å². The number of alkyl halides is 6. The van der Waals surface area contributed by atoms with Crippen molar-refractivity contribution in [2.75, 3.05) is 11.9 Å². The highest BCUT2D eigenvalue weighted by molar-refractivity contribution is 5.89. The monoisotopic (exact) mass is 695 g/mol. The lowest BCUT2D eigenvalue weighted by Gasteiger charge is -2.32. The summed E-state index contributed by atoms with van der Waals surface area (Å²) in [7, 11) is 0. The summed E-state index contributed by atoms with van der Waals surface area (Å²) < 4.78 is 105. The predicted molar refractivity (Wildman–Crippen MR) is 162 cm³/mol. The van der Waals surface area contributed by atoms with Crippen LogP contribution < -0.4 is 5.32 Å². The molecule has 2 amide bonds. The molecule has 3 heterocycles. The van der Waals surface area contributed by atoms with Gasteiger partial charge in [0, 0.05) is 18.9 Å². The van der Waals surface area contributed by atoms with E-state index in [0.717, 1.165) is 6.42 Å². The Morgan fingerprint density at radius 3 is 2.37 bits per heavy atom. The van der Waals surface area contributed by atoms with Crippen molar-refractivity contribution in [3.8, 4) is 11.6 Å². The zero-order chi connectivity index (χ0) is 35.6. The van der Waals surface area contributed by atoms with E-state index in [9.17, 15) is 22.8 Å². The van der Waals surface area contributed by atoms with Crippen LogP contribution in [-0.4, -0.2) is 50.4 Å². The molecule has 1 unspecified atom stereocenters. The van der Waals surface area contributed by atoms with E-state index in [2.05, 4.69) is 20.5 Å². The second-order valence-electron chi connectivity index (χ2n) is 12.9. The van der Waals surface area contributed by atoms with E-state index in [-0.39, 0.29) is 13.0 Å². The van der Waals surface area contributed by atoms with Crippen molar-refractivity contribution >= 4 is 17.7 Å². The largest absolute Gasteiger partial charge is 0.444 e. The number of ether oxygens (including phenoxy) is 2. The summed E-state index contributed by atoms with van der Waals surface area (Å²) in [4.78, 5) is 31.5. The molecule has 0 spiro atoms. The van der Waals surface area contributed by atoms with Gasteiger partial charge in [0.25, 0.3) is 11.8 Å². The smallest absolute Gasteiger partial charge is 0.426 e. The Morgan fingerprint density at radius 2 is 1.76 bits per heavy atom. The lowest BCUT2D eigenvalue weighted by atomic mass is 9.84. The molecule has 16 heteroatoms. The highest BCUT2D eigenvalue weighted by Gasteiger charge is 2.61. The number of hydrogen-bond donors (Lipinski definition) is 1. The number of hydrogen-bond acceptors (Lipinski definition) is 8. The first kappa shape index (κ1) is 35.8. The highest BCUT2D eigenvalue weighted by Crippen LogP contribution is 2.47. The number of aromatic nitrogens is 3. The maximum Gasteiger partial charge on any atom is 0.426 e. The molecule has 4 bridgehead atoms. The number of pyridine rings is 1. The quantitative estimate of drug-likeness (QED) is 0.211. The van der Waals surface area contributed by atoms with Crippen LogP contribution in [0.15, 0.2) is 53.0 Å². The number of nitrogens with one attached hydrogen (secondary N) is 1. The zero-order valence-corrected chi connectivity index (χ0v) is 27.0. The van der Waals surface area contributed by atoms with Gasteiger partial charge in [-0.1, -0.05) is 48.9 Å². The van der Waals surface area contributed by atoms with Gasteiger partial charge in [-0.05, 0) is 51.7 Å². The summed E-state index contributed by atoms with van der Waals surface area (Å²) >= 11 is 0. The van der Waals surface area contributed by atoms with Gasteiger partial charge in [-0.25, -0.2) is 9.78 Å². The molecule has 1 aliphatic heterocycles. The first-order valence-corrected chi connectivity index (χ1v) is 15.6. The molecule has 0 radical (unpaired) electrons. The summed E-state index contributed by atoms with van der Waals surface area (Å²) in [6.45, 7) is 3.39. The third-order valence-corrected chi connectivity index (χ3v) is 8.05. The standard InChI is InChI=1S/C33H35F6N5O5/c1-30(2,3)49-29(46)41-23-17-22(32(34,35)36)24-18-44(27(45)21-13-10-14-21)16-9-5-8-15-31(33(37,38)39,47-19-20-11-6-4-7-12-20)28-43-42-26(48-28)25(23)40-24/h4-8,11-12,17,21H,9-10,13-16,18-19H2,1-3H3,(H,41,46)/b8-5+. The lowest BCUT2D eigenvalue weighted by Crippen LogP contribution is -2.45. The average Bonchev–Trinajstić information content (AvgIpc) is 3.45. The van der Waals surface area contributed by atoms with Gasteiger partial charge in [0.1, 0.15) is 5.60 Å². The molecule has 1 atom stereocenters. The number of rotatable bonds is 5. The summed E-state index contributed by atoms with van der Waals surface area (Å²) in [6, 6.07) is 8.63. The first-order valence-electron chi connectivity index (χ1n) is 15.6. The van der Waals surface area contributed by atoms with Crippen LogP contribution in [0.3, 0.4) is 0 Å². The number of carbonyl (C=O) groups is 2. The highest BCUT2D eigenvalue weighted by atomic mass is 19.4. The molecule has 5 rings (SSSR count). The van der Waals surface area contributed by atoms with Crippen molar-refractivity contribution < 1.29 is 49.8 Å². The molecule has 10 nitrogen and oxygen atoms in total. The maximum absolute atomic E-state index is 15.1. The van der Waals surface area contributed by atoms with Crippen LogP contribution in [0.25, 0.3) is 11.6 Å². The number of benzene rings is 1. The predicted octanol–water partition coefficient (Wildman–Crippen LogP) is 7.95. The topological polar surface area (TPSA) is 120 Å². The fourth-order valence-electron chi connectivity index (χ4n) is 5.34. The van der Waals surface area contributed by atoms with E-state index in [4.69, 9.17) is 13.9 Å². The second kappa shape index (κ2) is 13.8. The molecule has 1 N–H and O–H groups in total. The Balaban J connectivity index is 1.69. The van der Waals surface area contributed by atoms with Crippen LogP contribution >= 0.6 is 0 Å². The molecule has 1 fully saturated rings. The van der Waals surface area contributed by atoms with Gasteiger partial charge >= 0.3 is 18.4 Å². The van der Waals surface area contributed by atoms with Crippen LogP contribution in [0.5, 0.6) is 0 Å². The van der Waals surface area contributed by atoms with Crippen molar-refractivity contribution in [2.45, 2.75) is 89.6 Å². The third-order valence-electron chi connectivity index (χ3n) is 8.05. The second-order valence-corrected chi connectivity index (χ2v) is 12.9. The minimum Gasteiger partial charge on any atom is -0.444 e. The number of nitrogens with zero attached hydrogens (tertiary/aromatic N) is 4. The van der Waals surface area contributed by atoms with Crippen LogP contribution in [0.2, 0.25) is 0 Å². The minimum atomic E-state index is -5.13. The molecule has 49 heavy (non-hydrogen) atoms. The summed E-state index contributed by atoms with van der Waals surface area (Å²) in [5, 5.41) is 9.61. The number of carbonyl (C=O) groups excluding carboxylic acids is 2. The molecule has 2 aliphatic rings. The molecule has 2 aromatic heterocycles. The SMILES string of the molecule is CC(C)(C)OC(=O)Nc1cc(C(F)(F)F)c2nc1-c1nnc(o1)C(OCc1ccccc1)(C(F)(F)F)C/C=C/CCN(C(=O)C1CCC1)C2. The number of fused-ring (bicyclic) bond motifs is 5. The average molecular weight is 696 g/mol. The molecule has 0 saturated heterocycles. The molecule has 1 saturated carbocycles. The van der Waals surface area contributed by atoms with E-state index < -0.39 is 95.5 Å². The molecule has 3 aromatic rings. The molecule has 264 valence electrons. The Morgan fingerprint density at radius 1 is 1.04 bits per heavy atom. The van der Waals surface area contributed by atoms with Gasteiger partial charge < -0.3 is 18.8 Å². The van der Waals surface area contributed by atoms with E-state index in [1.807, 2.05) is 0 Å².